The first-order valence-electron chi connectivity index (χ1n) is 7.27. The largest absolute Gasteiger partial charge is 0.343 e. The van der Waals surface area contributed by atoms with E-state index in [9.17, 15) is 18.0 Å². The second kappa shape index (κ2) is 6.76. The standard InChI is InChI=1S/C17H12F3N3O2/c1-9-4-2-3-5-10(9)16-22-13(25-23-16)8-21-17(24)11-6-7-12(18)15(20)14(11)19/h2-7H,8H2,1H3,(H,21,24). The predicted octanol–water partition coefficient (Wildman–Crippen LogP) is 3.39. The van der Waals surface area contributed by atoms with Crippen molar-refractivity contribution < 1.29 is 22.5 Å². The van der Waals surface area contributed by atoms with Crippen molar-refractivity contribution in [2.24, 2.45) is 0 Å². The van der Waals surface area contributed by atoms with Crippen molar-refractivity contribution >= 4 is 5.91 Å². The van der Waals surface area contributed by atoms with E-state index in [1.54, 1.807) is 0 Å². The number of rotatable bonds is 4. The number of aryl methyl sites for hydroxylation is 1. The van der Waals surface area contributed by atoms with Crippen LogP contribution in [0.5, 0.6) is 0 Å². The minimum absolute atomic E-state index is 0.0922. The number of hydrogen-bond acceptors (Lipinski definition) is 4. The zero-order chi connectivity index (χ0) is 18.0. The molecule has 8 heteroatoms. The Bertz CT molecular complexity index is 941. The fraction of sp³-hybridized carbons (Fsp3) is 0.118. The summed E-state index contributed by atoms with van der Waals surface area (Å²) in [7, 11) is 0. The first kappa shape index (κ1) is 16.7. The second-order valence-electron chi connectivity index (χ2n) is 5.23. The average molecular weight is 347 g/mol. The van der Waals surface area contributed by atoms with E-state index in [0.717, 1.165) is 17.2 Å². The van der Waals surface area contributed by atoms with Crippen LogP contribution in [0, 0.1) is 24.4 Å². The Morgan fingerprint density at radius 3 is 2.64 bits per heavy atom. The lowest BCUT2D eigenvalue weighted by Crippen LogP contribution is -2.24. The van der Waals surface area contributed by atoms with E-state index >= 15 is 0 Å². The van der Waals surface area contributed by atoms with Crippen LogP contribution in [-0.2, 0) is 6.54 Å². The predicted molar refractivity (Wildman–Crippen MR) is 82.0 cm³/mol. The molecule has 0 spiro atoms. The van der Waals surface area contributed by atoms with Crippen LogP contribution in [0.4, 0.5) is 13.2 Å². The smallest absolute Gasteiger partial charge is 0.254 e. The number of nitrogens with zero attached hydrogens (tertiary/aromatic N) is 2. The van der Waals surface area contributed by atoms with Crippen LogP contribution in [0.3, 0.4) is 0 Å². The Balaban J connectivity index is 1.72. The first-order valence-corrected chi connectivity index (χ1v) is 7.27. The van der Waals surface area contributed by atoms with E-state index in [4.69, 9.17) is 4.52 Å². The summed E-state index contributed by atoms with van der Waals surface area (Å²) in [6.45, 7) is 1.70. The number of aromatic nitrogens is 2. The van der Waals surface area contributed by atoms with Crippen LogP contribution < -0.4 is 5.32 Å². The molecule has 25 heavy (non-hydrogen) atoms. The molecule has 0 atom stereocenters. The van der Waals surface area contributed by atoms with E-state index in [1.165, 1.54) is 0 Å². The maximum atomic E-state index is 13.6. The maximum Gasteiger partial charge on any atom is 0.254 e. The second-order valence-corrected chi connectivity index (χ2v) is 5.23. The van der Waals surface area contributed by atoms with Crippen LogP contribution in [0.2, 0.25) is 0 Å². The van der Waals surface area contributed by atoms with Gasteiger partial charge in [0.25, 0.3) is 5.91 Å². The molecular weight excluding hydrogens is 335 g/mol. The molecule has 0 fully saturated rings. The van der Waals surface area contributed by atoms with E-state index in [0.29, 0.717) is 11.9 Å². The number of hydrogen-bond donors (Lipinski definition) is 1. The summed E-state index contributed by atoms with van der Waals surface area (Å²) in [6, 6.07) is 8.94. The zero-order valence-electron chi connectivity index (χ0n) is 13.0. The molecule has 5 nitrogen and oxygen atoms in total. The number of carbonyl (C=O) groups is 1. The number of halogens is 3. The summed E-state index contributed by atoms with van der Waals surface area (Å²) >= 11 is 0. The van der Waals surface area contributed by atoms with Gasteiger partial charge < -0.3 is 9.84 Å². The van der Waals surface area contributed by atoms with E-state index in [1.807, 2.05) is 31.2 Å². The molecule has 1 N–H and O–H groups in total. The Labute approximate surface area is 140 Å². The molecule has 2 aromatic carbocycles. The summed E-state index contributed by atoms with van der Waals surface area (Å²) in [6.07, 6.45) is 0. The lowest BCUT2D eigenvalue weighted by Gasteiger charge is -2.04. The van der Waals surface area contributed by atoms with Crippen LogP contribution in [0.15, 0.2) is 40.9 Å². The molecule has 0 bridgehead atoms. The monoisotopic (exact) mass is 347 g/mol. The van der Waals surface area contributed by atoms with E-state index in [-0.39, 0.29) is 12.4 Å². The summed E-state index contributed by atoms with van der Waals surface area (Å²) in [5.74, 6) is -5.10. The molecule has 0 aliphatic rings. The van der Waals surface area contributed by atoms with Gasteiger partial charge in [0.05, 0.1) is 12.1 Å². The molecule has 3 aromatic rings. The molecule has 3 rings (SSSR count). The van der Waals surface area contributed by atoms with Crippen LogP contribution in [0.1, 0.15) is 21.8 Å². The lowest BCUT2D eigenvalue weighted by molar-refractivity contribution is 0.0941. The molecule has 0 saturated carbocycles. The molecule has 1 aromatic heterocycles. The number of amides is 1. The Kier molecular flexibility index (Phi) is 4.51. The molecule has 0 aliphatic carbocycles. The van der Waals surface area contributed by atoms with Crippen molar-refractivity contribution in [3.05, 3.63) is 70.9 Å². The third-order valence-electron chi connectivity index (χ3n) is 3.53. The maximum absolute atomic E-state index is 13.6. The van der Waals surface area contributed by atoms with Gasteiger partial charge in [0.2, 0.25) is 11.7 Å². The number of nitrogens with one attached hydrogen (secondary N) is 1. The highest BCUT2D eigenvalue weighted by Gasteiger charge is 2.19. The zero-order valence-corrected chi connectivity index (χ0v) is 13.0. The minimum Gasteiger partial charge on any atom is -0.343 e. The average Bonchev–Trinajstić information content (AvgIpc) is 3.07. The fourth-order valence-electron chi connectivity index (χ4n) is 2.21. The van der Waals surface area contributed by atoms with Gasteiger partial charge in [-0.1, -0.05) is 29.4 Å². The van der Waals surface area contributed by atoms with Gasteiger partial charge in [0, 0.05) is 5.56 Å². The van der Waals surface area contributed by atoms with Crippen molar-refractivity contribution in [2.75, 3.05) is 0 Å². The summed E-state index contributed by atoms with van der Waals surface area (Å²) in [5, 5.41) is 6.14. The lowest BCUT2D eigenvalue weighted by atomic mass is 10.1. The Morgan fingerprint density at radius 1 is 1.12 bits per heavy atom. The SMILES string of the molecule is Cc1ccccc1-c1noc(CNC(=O)c2ccc(F)c(F)c2F)n1. The van der Waals surface area contributed by atoms with Crippen molar-refractivity contribution in [2.45, 2.75) is 13.5 Å². The van der Waals surface area contributed by atoms with Gasteiger partial charge in [-0.2, -0.15) is 4.98 Å². The third kappa shape index (κ3) is 3.37. The minimum atomic E-state index is -1.70. The highest BCUT2D eigenvalue weighted by Crippen LogP contribution is 2.20. The fourth-order valence-corrected chi connectivity index (χ4v) is 2.21. The van der Waals surface area contributed by atoms with Gasteiger partial charge in [0.1, 0.15) is 0 Å². The van der Waals surface area contributed by atoms with Crippen LogP contribution in [0.25, 0.3) is 11.4 Å². The molecule has 1 heterocycles. The van der Waals surface area contributed by atoms with E-state index < -0.39 is 28.9 Å². The molecule has 128 valence electrons. The summed E-state index contributed by atoms with van der Waals surface area (Å²) < 4.78 is 44.7. The number of carbonyl (C=O) groups excluding carboxylic acids is 1. The summed E-state index contributed by atoms with van der Waals surface area (Å²) in [4.78, 5) is 16.0. The first-order chi connectivity index (χ1) is 12.0. The Hall–Kier alpha value is -3.16. The van der Waals surface area contributed by atoms with Crippen LogP contribution >= 0.6 is 0 Å². The van der Waals surface area contributed by atoms with E-state index in [2.05, 4.69) is 15.5 Å². The van der Waals surface area contributed by atoms with Gasteiger partial charge in [-0.05, 0) is 24.6 Å². The molecule has 0 radical (unpaired) electrons. The molecular formula is C17H12F3N3O2. The molecule has 1 amide bonds. The van der Waals surface area contributed by atoms with Crippen molar-refractivity contribution in [3.8, 4) is 11.4 Å². The van der Waals surface area contributed by atoms with Gasteiger partial charge in [0.15, 0.2) is 17.5 Å². The molecule has 0 unspecified atom stereocenters. The third-order valence-corrected chi connectivity index (χ3v) is 3.53. The van der Waals surface area contributed by atoms with Gasteiger partial charge in [-0.15, -0.1) is 0 Å². The van der Waals surface area contributed by atoms with Gasteiger partial charge in [-0.25, -0.2) is 13.2 Å². The number of benzene rings is 2. The normalized spacial score (nSPS) is 10.7. The van der Waals surface area contributed by atoms with Crippen molar-refractivity contribution in [3.63, 3.8) is 0 Å². The van der Waals surface area contributed by atoms with Crippen LogP contribution in [-0.4, -0.2) is 16.0 Å². The van der Waals surface area contributed by atoms with Crippen molar-refractivity contribution in [1.82, 2.24) is 15.5 Å². The quantitative estimate of drug-likeness (QED) is 0.735. The summed E-state index contributed by atoms with van der Waals surface area (Å²) in [5.41, 5.74) is 1.11. The highest BCUT2D eigenvalue weighted by molar-refractivity contribution is 5.94. The van der Waals surface area contributed by atoms with Gasteiger partial charge >= 0.3 is 0 Å². The molecule has 0 saturated heterocycles. The van der Waals surface area contributed by atoms with Gasteiger partial charge in [-0.3, -0.25) is 4.79 Å². The Morgan fingerprint density at radius 2 is 1.88 bits per heavy atom. The molecule has 0 aliphatic heterocycles. The van der Waals surface area contributed by atoms with Crippen molar-refractivity contribution in [1.29, 1.82) is 0 Å². The highest BCUT2D eigenvalue weighted by atomic mass is 19.2. The topological polar surface area (TPSA) is 68.0 Å².